The summed E-state index contributed by atoms with van der Waals surface area (Å²) in [5.74, 6) is 0.877. The first-order valence-electron chi connectivity index (χ1n) is 9.32. The van der Waals surface area contributed by atoms with Gasteiger partial charge in [0, 0.05) is 33.4 Å². The minimum Gasteiger partial charge on any atom is -0.439 e. The third kappa shape index (κ3) is 4.62. The lowest BCUT2D eigenvalue weighted by Crippen LogP contribution is -2.22. The molecule has 0 atom stereocenters. The summed E-state index contributed by atoms with van der Waals surface area (Å²) in [5, 5.41) is 4.17. The molecule has 0 spiro atoms. The second-order valence-electron chi connectivity index (χ2n) is 6.72. The van der Waals surface area contributed by atoms with Crippen LogP contribution in [-0.2, 0) is 13.1 Å². The molecule has 0 radical (unpaired) electrons. The predicted octanol–water partition coefficient (Wildman–Crippen LogP) is 4.79. The quantitative estimate of drug-likeness (QED) is 0.485. The minimum atomic E-state index is -0.146. The fraction of sp³-hybridized carbons (Fsp3) is 0.130. The monoisotopic (exact) mass is 403 g/mol. The van der Waals surface area contributed by atoms with E-state index in [2.05, 4.69) is 28.5 Å². The molecule has 1 amide bonds. The molecular formula is C23H21N3O2S. The van der Waals surface area contributed by atoms with Gasteiger partial charge in [-0.15, -0.1) is 11.3 Å². The van der Waals surface area contributed by atoms with Gasteiger partial charge in [0.15, 0.2) is 0 Å². The lowest BCUT2D eigenvalue weighted by Gasteiger charge is -2.09. The van der Waals surface area contributed by atoms with Gasteiger partial charge in [-0.05, 0) is 54.3 Å². The molecule has 0 aliphatic carbocycles. The number of hydrogen-bond donors (Lipinski definition) is 2. The summed E-state index contributed by atoms with van der Waals surface area (Å²) in [6, 6.07) is 21.1. The lowest BCUT2D eigenvalue weighted by molar-refractivity contribution is 0.0951. The van der Waals surface area contributed by atoms with E-state index in [1.807, 2.05) is 25.1 Å². The largest absolute Gasteiger partial charge is 0.439 e. The molecule has 2 heterocycles. The van der Waals surface area contributed by atoms with Crippen LogP contribution in [0.2, 0.25) is 0 Å². The molecular weight excluding hydrogens is 382 g/mol. The van der Waals surface area contributed by atoms with E-state index in [0.29, 0.717) is 30.3 Å². The smallest absolute Gasteiger partial charge is 0.251 e. The van der Waals surface area contributed by atoms with Gasteiger partial charge in [-0.2, -0.15) is 0 Å². The average molecular weight is 404 g/mol. The van der Waals surface area contributed by atoms with Crippen molar-refractivity contribution in [1.82, 2.24) is 10.3 Å². The second kappa shape index (κ2) is 8.43. The summed E-state index contributed by atoms with van der Waals surface area (Å²) < 4.78 is 7.07. The van der Waals surface area contributed by atoms with E-state index in [1.165, 1.54) is 10.1 Å². The number of nitrogens with two attached hydrogens (primary N) is 1. The van der Waals surface area contributed by atoms with Gasteiger partial charge in [0.05, 0.1) is 6.54 Å². The van der Waals surface area contributed by atoms with E-state index in [9.17, 15) is 4.79 Å². The maximum absolute atomic E-state index is 12.6. The Morgan fingerprint density at radius 2 is 1.97 bits per heavy atom. The molecule has 6 heteroatoms. The van der Waals surface area contributed by atoms with Crippen LogP contribution >= 0.6 is 11.3 Å². The number of nitrogens with zero attached hydrogens (tertiary/aromatic N) is 1. The van der Waals surface area contributed by atoms with Gasteiger partial charge in [-0.25, -0.2) is 4.98 Å². The van der Waals surface area contributed by atoms with Crippen molar-refractivity contribution < 1.29 is 9.53 Å². The van der Waals surface area contributed by atoms with Crippen molar-refractivity contribution in [3.63, 3.8) is 0 Å². The van der Waals surface area contributed by atoms with Crippen molar-refractivity contribution in [3.8, 4) is 11.6 Å². The molecule has 3 N–H and O–H groups in total. The van der Waals surface area contributed by atoms with Crippen LogP contribution in [0.1, 0.15) is 26.5 Å². The molecule has 2 aromatic heterocycles. The summed E-state index contributed by atoms with van der Waals surface area (Å²) in [7, 11) is 0. The number of aromatic nitrogens is 1. The van der Waals surface area contributed by atoms with Crippen molar-refractivity contribution in [1.29, 1.82) is 0 Å². The maximum Gasteiger partial charge on any atom is 0.251 e. The molecule has 0 aliphatic rings. The summed E-state index contributed by atoms with van der Waals surface area (Å²) >= 11 is 1.69. The molecule has 0 bridgehead atoms. The van der Waals surface area contributed by atoms with Crippen LogP contribution in [0.5, 0.6) is 11.6 Å². The number of benzene rings is 2. The maximum atomic E-state index is 12.6. The SMILES string of the molecule is Cc1cc(CN)cc(Oc2cccc(C(=O)NCc3cc4ccccc4s3)c2)n1. The van der Waals surface area contributed by atoms with Gasteiger partial charge in [-0.1, -0.05) is 24.3 Å². The Morgan fingerprint density at radius 3 is 2.79 bits per heavy atom. The van der Waals surface area contributed by atoms with Crippen LogP contribution < -0.4 is 15.8 Å². The van der Waals surface area contributed by atoms with Gasteiger partial charge in [0.25, 0.3) is 5.91 Å². The van der Waals surface area contributed by atoms with Gasteiger partial charge < -0.3 is 15.8 Å². The van der Waals surface area contributed by atoms with E-state index in [1.54, 1.807) is 41.7 Å². The number of amides is 1. The molecule has 0 fully saturated rings. The third-order valence-electron chi connectivity index (χ3n) is 4.44. The number of fused-ring (bicyclic) bond motifs is 1. The highest BCUT2D eigenvalue weighted by Gasteiger charge is 2.09. The number of rotatable bonds is 6. The number of pyridine rings is 1. The van der Waals surface area contributed by atoms with Crippen molar-refractivity contribution >= 4 is 27.3 Å². The molecule has 0 unspecified atom stereocenters. The Bertz CT molecular complexity index is 1140. The highest BCUT2D eigenvalue weighted by molar-refractivity contribution is 7.19. The molecule has 0 saturated heterocycles. The van der Waals surface area contributed by atoms with E-state index in [4.69, 9.17) is 10.5 Å². The van der Waals surface area contributed by atoms with Gasteiger partial charge in [0.2, 0.25) is 5.88 Å². The predicted molar refractivity (Wildman–Crippen MR) is 116 cm³/mol. The fourth-order valence-electron chi connectivity index (χ4n) is 3.09. The second-order valence-corrected chi connectivity index (χ2v) is 7.89. The molecule has 0 aliphatic heterocycles. The Morgan fingerprint density at radius 1 is 1.10 bits per heavy atom. The number of carbonyl (C=O) groups is 1. The summed E-state index contributed by atoms with van der Waals surface area (Å²) in [6.07, 6.45) is 0. The number of hydrogen-bond acceptors (Lipinski definition) is 5. The number of aryl methyl sites for hydroxylation is 1. The number of nitrogens with one attached hydrogen (secondary N) is 1. The standard InChI is InChI=1S/C23H21N3O2S/c1-15-9-16(13-24)10-22(26-15)28-19-7-4-6-18(11-19)23(27)25-14-20-12-17-5-2-3-8-21(17)29-20/h2-12H,13-14,24H2,1H3,(H,25,27). The zero-order valence-corrected chi connectivity index (χ0v) is 16.8. The Hall–Kier alpha value is -3.22. The highest BCUT2D eigenvalue weighted by Crippen LogP contribution is 2.25. The molecule has 146 valence electrons. The first kappa shape index (κ1) is 19.1. The van der Waals surface area contributed by atoms with E-state index >= 15 is 0 Å². The van der Waals surface area contributed by atoms with Crippen LogP contribution in [0.25, 0.3) is 10.1 Å². The fourth-order valence-corrected chi connectivity index (χ4v) is 4.10. The molecule has 2 aromatic carbocycles. The zero-order valence-electron chi connectivity index (χ0n) is 16.0. The molecule has 29 heavy (non-hydrogen) atoms. The topological polar surface area (TPSA) is 77.2 Å². The third-order valence-corrected chi connectivity index (χ3v) is 5.56. The first-order chi connectivity index (χ1) is 14.1. The zero-order chi connectivity index (χ0) is 20.2. The highest BCUT2D eigenvalue weighted by atomic mass is 32.1. The normalized spacial score (nSPS) is 10.8. The van der Waals surface area contributed by atoms with E-state index in [-0.39, 0.29) is 5.91 Å². The summed E-state index contributed by atoms with van der Waals surface area (Å²) in [5.41, 5.74) is 8.03. The van der Waals surface area contributed by atoms with E-state index in [0.717, 1.165) is 16.1 Å². The molecule has 4 rings (SSSR count). The van der Waals surface area contributed by atoms with Crippen LogP contribution in [0.3, 0.4) is 0 Å². The number of thiophene rings is 1. The van der Waals surface area contributed by atoms with Gasteiger partial charge >= 0.3 is 0 Å². The minimum absolute atomic E-state index is 0.146. The summed E-state index contributed by atoms with van der Waals surface area (Å²) in [4.78, 5) is 18.1. The van der Waals surface area contributed by atoms with Crippen LogP contribution in [-0.4, -0.2) is 10.9 Å². The molecule has 5 nitrogen and oxygen atoms in total. The van der Waals surface area contributed by atoms with Crippen LogP contribution in [0, 0.1) is 6.92 Å². The Kier molecular flexibility index (Phi) is 5.55. The van der Waals surface area contributed by atoms with E-state index < -0.39 is 0 Å². The number of ether oxygens (including phenoxy) is 1. The van der Waals surface area contributed by atoms with Gasteiger partial charge in [0.1, 0.15) is 5.75 Å². The first-order valence-corrected chi connectivity index (χ1v) is 10.1. The average Bonchev–Trinajstić information content (AvgIpc) is 3.14. The number of carbonyl (C=O) groups excluding carboxylic acids is 1. The van der Waals surface area contributed by atoms with Crippen molar-refractivity contribution in [3.05, 3.63) is 88.4 Å². The summed E-state index contributed by atoms with van der Waals surface area (Å²) in [6.45, 7) is 2.80. The van der Waals surface area contributed by atoms with Crippen molar-refractivity contribution in [2.75, 3.05) is 0 Å². The van der Waals surface area contributed by atoms with Gasteiger partial charge in [-0.3, -0.25) is 4.79 Å². The molecule has 4 aromatic rings. The lowest BCUT2D eigenvalue weighted by atomic mass is 10.2. The molecule has 0 saturated carbocycles. The van der Waals surface area contributed by atoms with Crippen molar-refractivity contribution in [2.45, 2.75) is 20.0 Å². The Balaban J connectivity index is 1.45. The van der Waals surface area contributed by atoms with Crippen molar-refractivity contribution in [2.24, 2.45) is 5.73 Å². The Labute approximate surface area is 173 Å². The van der Waals surface area contributed by atoms with Crippen LogP contribution in [0.4, 0.5) is 0 Å². The van der Waals surface area contributed by atoms with Crippen LogP contribution in [0.15, 0.2) is 66.7 Å².